The average molecular weight is 460 g/mol. The van der Waals surface area contributed by atoms with Crippen LogP contribution in [-0.2, 0) is 9.59 Å². The summed E-state index contributed by atoms with van der Waals surface area (Å²) in [6.45, 7) is 8.79. The number of nitrogens with zero attached hydrogens (tertiary/aromatic N) is 1. The van der Waals surface area contributed by atoms with Crippen molar-refractivity contribution < 1.29 is 14.0 Å². The Balaban J connectivity index is 1.94. The summed E-state index contributed by atoms with van der Waals surface area (Å²) in [5.74, 6) is -2.12. The summed E-state index contributed by atoms with van der Waals surface area (Å²) in [5.41, 5.74) is 1.67. The van der Waals surface area contributed by atoms with Crippen molar-refractivity contribution >= 4 is 29.1 Å². The van der Waals surface area contributed by atoms with E-state index in [2.05, 4.69) is 17.2 Å². The van der Waals surface area contributed by atoms with Crippen molar-refractivity contribution in [3.05, 3.63) is 65.5 Å². The van der Waals surface area contributed by atoms with Crippen LogP contribution in [0.25, 0.3) is 0 Å². The molecule has 2 amide bonds. The second-order valence-electron chi connectivity index (χ2n) is 8.59. The van der Waals surface area contributed by atoms with E-state index in [-0.39, 0.29) is 16.8 Å². The molecule has 3 atom stereocenters. The Bertz CT molecular complexity index is 926. The molecule has 32 heavy (non-hydrogen) atoms. The molecule has 2 unspecified atom stereocenters. The summed E-state index contributed by atoms with van der Waals surface area (Å²) >= 11 is 5.74. The fourth-order valence-corrected chi connectivity index (χ4v) is 4.34. The molecule has 0 radical (unpaired) electrons. The molecule has 1 aromatic rings. The maximum absolute atomic E-state index is 15.5. The minimum absolute atomic E-state index is 0.238. The maximum Gasteiger partial charge on any atom is 0.242 e. The van der Waals surface area contributed by atoms with Crippen LogP contribution < -0.4 is 10.6 Å². The highest BCUT2D eigenvalue weighted by atomic mass is 35.5. The Morgan fingerprint density at radius 1 is 1.31 bits per heavy atom. The molecule has 0 aromatic heterocycles. The van der Waals surface area contributed by atoms with Gasteiger partial charge in [0.1, 0.15) is 5.83 Å². The number of likely N-dealkylation sites (tertiary alicyclic amines) is 1. The molecule has 1 aliphatic heterocycles. The third kappa shape index (κ3) is 6.30. The van der Waals surface area contributed by atoms with Gasteiger partial charge in [-0.3, -0.25) is 14.5 Å². The molecule has 2 aliphatic rings. The number of carbonyl (C=O) groups excluding carboxylic acids is 2. The van der Waals surface area contributed by atoms with Crippen molar-refractivity contribution in [2.75, 3.05) is 25.0 Å². The van der Waals surface area contributed by atoms with Gasteiger partial charge in [-0.1, -0.05) is 36.4 Å². The van der Waals surface area contributed by atoms with Crippen LogP contribution in [0.5, 0.6) is 0 Å². The van der Waals surface area contributed by atoms with Crippen LogP contribution >= 0.6 is 11.6 Å². The number of carbonyl (C=O) groups is 2. The summed E-state index contributed by atoms with van der Waals surface area (Å²) in [4.78, 5) is 28.3. The zero-order valence-electron chi connectivity index (χ0n) is 18.6. The lowest BCUT2D eigenvalue weighted by Crippen LogP contribution is -2.44. The molecule has 0 spiro atoms. The zero-order chi connectivity index (χ0) is 23.3. The monoisotopic (exact) mass is 459 g/mol. The van der Waals surface area contributed by atoms with E-state index in [1.165, 1.54) is 18.2 Å². The molecular weight excluding hydrogens is 429 g/mol. The lowest BCUT2D eigenvalue weighted by atomic mass is 9.87. The van der Waals surface area contributed by atoms with Crippen molar-refractivity contribution in [3.8, 4) is 0 Å². The first kappa shape index (κ1) is 24.2. The second kappa shape index (κ2) is 10.9. The van der Waals surface area contributed by atoms with Gasteiger partial charge in [-0.15, -0.1) is 0 Å². The van der Waals surface area contributed by atoms with Gasteiger partial charge in [0.15, 0.2) is 0 Å². The summed E-state index contributed by atoms with van der Waals surface area (Å²) in [7, 11) is 0. The average Bonchev–Trinajstić information content (AvgIpc) is 3.45. The number of anilines is 1. The third-order valence-corrected chi connectivity index (χ3v) is 6.01. The molecule has 2 fully saturated rings. The van der Waals surface area contributed by atoms with Crippen LogP contribution in [0.4, 0.5) is 10.1 Å². The number of allylic oxidation sites excluding steroid dienone is 4. The number of aryl methyl sites for hydroxylation is 1. The zero-order valence-corrected chi connectivity index (χ0v) is 19.4. The van der Waals surface area contributed by atoms with E-state index in [0.29, 0.717) is 31.2 Å². The Morgan fingerprint density at radius 2 is 2.06 bits per heavy atom. The maximum atomic E-state index is 15.5. The highest BCUT2D eigenvalue weighted by Crippen LogP contribution is 2.40. The fraction of sp³-hybridized carbons (Fsp3) is 0.440. The number of nitrogens with one attached hydrogen (secondary N) is 2. The third-order valence-electron chi connectivity index (χ3n) is 5.88. The molecular formula is C25H31ClFN3O2. The van der Waals surface area contributed by atoms with Crippen LogP contribution in [0.15, 0.2) is 59.9 Å². The number of amides is 2. The van der Waals surface area contributed by atoms with E-state index in [9.17, 15) is 9.59 Å². The molecule has 7 heteroatoms. The van der Waals surface area contributed by atoms with Crippen molar-refractivity contribution in [2.45, 2.75) is 32.7 Å². The highest BCUT2D eigenvalue weighted by molar-refractivity contribution is 6.30. The molecule has 1 aromatic carbocycles. The second-order valence-corrected chi connectivity index (χ2v) is 9.07. The lowest BCUT2D eigenvalue weighted by molar-refractivity contribution is -0.125. The van der Waals surface area contributed by atoms with E-state index in [4.69, 9.17) is 11.6 Å². The predicted octanol–water partition coefficient (Wildman–Crippen LogP) is 4.56. The SMILES string of the molecule is C=C(Cl)/C=C\C=C(/F)C1C(C(=O)Nc2cccc(C)c2)N(CC2CC2)C[C@H]1C(=O)NCC. The van der Waals surface area contributed by atoms with Crippen molar-refractivity contribution in [3.63, 3.8) is 0 Å². The Labute approximate surface area is 194 Å². The highest BCUT2D eigenvalue weighted by Gasteiger charge is 2.51. The van der Waals surface area contributed by atoms with Gasteiger partial charge in [-0.2, -0.15) is 0 Å². The smallest absolute Gasteiger partial charge is 0.242 e. The van der Waals surface area contributed by atoms with E-state index < -0.39 is 23.7 Å². The van der Waals surface area contributed by atoms with E-state index >= 15 is 4.39 Å². The van der Waals surface area contributed by atoms with Gasteiger partial charge in [-0.05, 0) is 62.5 Å². The first-order chi connectivity index (χ1) is 15.3. The van der Waals surface area contributed by atoms with Crippen LogP contribution in [-0.4, -0.2) is 42.4 Å². The summed E-state index contributed by atoms with van der Waals surface area (Å²) in [6, 6.07) is 6.70. The van der Waals surface area contributed by atoms with E-state index in [1.807, 2.05) is 43.0 Å². The van der Waals surface area contributed by atoms with Gasteiger partial charge in [0.25, 0.3) is 0 Å². The predicted molar refractivity (Wildman–Crippen MR) is 127 cm³/mol. The summed E-state index contributed by atoms with van der Waals surface area (Å²) in [6.07, 6.45) is 6.40. The lowest BCUT2D eigenvalue weighted by Gasteiger charge is -2.27. The molecule has 5 nitrogen and oxygen atoms in total. The standard InChI is InChI=1S/C25H31ClFN3O2/c1-4-28-24(31)20-15-30(14-18-11-12-18)23(22(20)21(27)10-6-8-17(3)26)25(32)29-19-9-5-7-16(2)13-19/h5-10,13,18,20,22-23H,3-4,11-12,14-15H2,1-2H3,(H,28,31)(H,29,32)/b8-6-,21-10-/t20-,22?,23?/m1/s1. The van der Waals surface area contributed by atoms with E-state index in [1.54, 1.807) is 0 Å². The molecule has 3 rings (SSSR count). The number of hydrogen-bond acceptors (Lipinski definition) is 3. The number of halogens is 2. The van der Waals surface area contributed by atoms with Crippen molar-refractivity contribution in [2.24, 2.45) is 17.8 Å². The molecule has 1 heterocycles. The molecule has 172 valence electrons. The Morgan fingerprint density at radius 3 is 2.69 bits per heavy atom. The first-order valence-electron chi connectivity index (χ1n) is 11.1. The molecule has 2 N–H and O–H groups in total. The van der Waals surface area contributed by atoms with Gasteiger partial charge >= 0.3 is 0 Å². The van der Waals surface area contributed by atoms with Crippen LogP contribution in [0.2, 0.25) is 0 Å². The van der Waals surface area contributed by atoms with E-state index in [0.717, 1.165) is 18.4 Å². The molecule has 1 aliphatic carbocycles. The van der Waals surface area contributed by atoms with Gasteiger partial charge in [-0.25, -0.2) is 4.39 Å². The fourth-order valence-electron chi connectivity index (χ4n) is 4.26. The normalized spacial score (nSPS) is 24.0. The Kier molecular flexibility index (Phi) is 8.26. The molecule has 1 saturated heterocycles. The minimum atomic E-state index is -0.890. The summed E-state index contributed by atoms with van der Waals surface area (Å²) in [5, 5.41) is 6.02. The van der Waals surface area contributed by atoms with Gasteiger partial charge < -0.3 is 10.6 Å². The first-order valence-corrected chi connectivity index (χ1v) is 11.5. The number of hydrogen-bond donors (Lipinski definition) is 2. The Hall–Kier alpha value is -2.44. The number of rotatable bonds is 9. The van der Waals surface area contributed by atoms with Crippen molar-refractivity contribution in [1.29, 1.82) is 0 Å². The minimum Gasteiger partial charge on any atom is -0.356 e. The van der Waals surface area contributed by atoms with Crippen molar-refractivity contribution in [1.82, 2.24) is 10.2 Å². The van der Waals surface area contributed by atoms with Gasteiger partial charge in [0.2, 0.25) is 11.8 Å². The van der Waals surface area contributed by atoms with Gasteiger partial charge in [0, 0.05) is 36.3 Å². The van der Waals surface area contributed by atoms with Crippen LogP contribution in [0.3, 0.4) is 0 Å². The topological polar surface area (TPSA) is 61.4 Å². The molecule has 0 bridgehead atoms. The van der Waals surface area contributed by atoms with Crippen LogP contribution in [0.1, 0.15) is 25.3 Å². The number of benzene rings is 1. The van der Waals surface area contributed by atoms with Gasteiger partial charge in [0.05, 0.1) is 12.0 Å². The quantitative estimate of drug-likeness (QED) is 0.532. The molecule has 1 saturated carbocycles. The summed E-state index contributed by atoms with van der Waals surface area (Å²) < 4.78 is 15.5. The largest absolute Gasteiger partial charge is 0.356 e. The van der Waals surface area contributed by atoms with Crippen LogP contribution in [0, 0.1) is 24.7 Å².